The first-order valence-electron chi connectivity index (χ1n) is 8.13. The van der Waals surface area contributed by atoms with Crippen molar-refractivity contribution in [3.05, 3.63) is 64.3 Å². The minimum Gasteiger partial charge on any atom is -0.508 e. The Hall–Kier alpha value is -3.29. The maximum absolute atomic E-state index is 13.7. The van der Waals surface area contributed by atoms with Gasteiger partial charge >= 0.3 is 6.18 Å². The molecule has 0 aliphatic heterocycles. The molecule has 0 saturated carbocycles. The van der Waals surface area contributed by atoms with E-state index in [9.17, 15) is 23.1 Å². The predicted molar refractivity (Wildman–Crippen MR) is 93.2 cm³/mol. The van der Waals surface area contributed by atoms with Crippen LogP contribution in [-0.4, -0.2) is 14.7 Å². The maximum Gasteiger partial charge on any atom is 0.451 e. The van der Waals surface area contributed by atoms with Crippen molar-refractivity contribution in [1.82, 2.24) is 9.55 Å². The molecule has 0 aliphatic carbocycles. The molecule has 0 spiro atoms. The number of alkyl halides is 3. The Bertz CT molecular complexity index is 1240. The summed E-state index contributed by atoms with van der Waals surface area (Å²) in [5.41, 5.74) is -0.585. The van der Waals surface area contributed by atoms with Gasteiger partial charge in [0.2, 0.25) is 11.2 Å². The van der Waals surface area contributed by atoms with Crippen LogP contribution in [0, 0.1) is 0 Å². The summed E-state index contributed by atoms with van der Waals surface area (Å²) in [6.07, 6.45) is -3.34. The standard InChI is InChI=1S/C19H13F3N2O3/c1-2-10-7-11-15(8-14(10)25)27-18(19(20,21)22)16(17(11)26)24-9-23-12-5-3-4-6-13(12)24/h3-9,25H,2H2,1H3. The Balaban J connectivity index is 2.16. The number of phenols is 1. The quantitative estimate of drug-likeness (QED) is 0.564. The highest BCUT2D eigenvalue weighted by atomic mass is 19.4. The normalized spacial score (nSPS) is 12.1. The number of halogens is 3. The molecule has 4 aromatic rings. The van der Waals surface area contributed by atoms with E-state index in [1.165, 1.54) is 12.4 Å². The summed E-state index contributed by atoms with van der Waals surface area (Å²) in [6, 6.07) is 8.95. The molecular formula is C19H13F3N2O3. The number of fused-ring (bicyclic) bond motifs is 2. The van der Waals surface area contributed by atoms with Crippen molar-refractivity contribution < 1.29 is 22.7 Å². The zero-order valence-corrected chi connectivity index (χ0v) is 14.0. The molecule has 1 N–H and O–H groups in total. The van der Waals surface area contributed by atoms with Crippen LogP contribution in [0.2, 0.25) is 0 Å². The Morgan fingerprint density at radius 2 is 1.96 bits per heavy atom. The van der Waals surface area contributed by atoms with Gasteiger partial charge in [0.25, 0.3) is 0 Å². The molecule has 5 nitrogen and oxygen atoms in total. The van der Waals surface area contributed by atoms with E-state index in [4.69, 9.17) is 4.42 Å². The Morgan fingerprint density at radius 3 is 2.67 bits per heavy atom. The third-order valence-electron chi connectivity index (χ3n) is 4.40. The molecule has 0 bridgehead atoms. The van der Waals surface area contributed by atoms with Crippen molar-refractivity contribution in [3.63, 3.8) is 0 Å². The lowest BCUT2D eigenvalue weighted by atomic mass is 10.1. The van der Waals surface area contributed by atoms with Gasteiger partial charge in [-0.15, -0.1) is 0 Å². The summed E-state index contributed by atoms with van der Waals surface area (Å²) in [5.74, 6) is -1.66. The molecular weight excluding hydrogens is 361 g/mol. The third kappa shape index (κ3) is 2.64. The summed E-state index contributed by atoms with van der Waals surface area (Å²) in [5, 5.41) is 9.89. The van der Waals surface area contributed by atoms with Gasteiger partial charge in [-0.05, 0) is 30.2 Å². The number of hydrogen-bond acceptors (Lipinski definition) is 4. The summed E-state index contributed by atoms with van der Waals surface area (Å²) < 4.78 is 47.1. The summed E-state index contributed by atoms with van der Waals surface area (Å²) in [7, 11) is 0. The molecule has 27 heavy (non-hydrogen) atoms. The van der Waals surface area contributed by atoms with E-state index >= 15 is 0 Å². The van der Waals surface area contributed by atoms with Crippen LogP contribution in [0.25, 0.3) is 27.7 Å². The van der Waals surface area contributed by atoms with Crippen LogP contribution in [0.15, 0.2) is 51.9 Å². The van der Waals surface area contributed by atoms with Crippen LogP contribution in [0.5, 0.6) is 5.75 Å². The molecule has 2 aromatic carbocycles. The minimum absolute atomic E-state index is 0.0366. The number of benzene rings is 2. The maximum atomic E-state index is 13.7. The zero-order valence-electron chi connectivity index (χ0n) is 14.0. The number of aromatic hydroxyl groups is 1. The smallest absolute Gasteiger partial charge is 0.451 e. The highest BCUT2D eigenvalue weighted by Crippen LogP contribution is 2.36. The van der Waals surface area contributed by atoms with Crippen LogP contribution in [0.4, 0.5) is 13.2 Å². The molecule has 0 aliphatic rings. The van der Waals surface area contributed by atoms with Gasteiger partial charge in [0.05, 0.1) is 16.4 Å². The van der Waals surface area contributed by atoms with Gasteiger partial charge in [-0.1, -0.05) is 19.1 Å². The number of aryl methyl sites for hydroxylation is 1. The molecule has 0 saturated heterocycles. The first-order chi connectivity index (χ1) is 12.8. The SMILES string of the molecule is CCc1cc2c(=O)c(-n3cnc4ccccc43)c(C(F)(F)F)oc2cc1O. The van der Waals surface area contributed by atoms with Crippen molar-refractivity contribution in [1.29, 1.82) is 0 Å². The molecule has 2 aromatic heterocycles. The number of aromatic nitrogens is 2. The van der Waals surface area contributed by atoms with Crippen LogP contribution in [0.1, 0.15) is 18.2 Å². The summed E-state index contributed by atoms with van der Waals surface area (Å²) in [4.78, 5) is 17.1. The molecule has 0 radical (unpaired) electrons. The number of nitrogens with zero attached hydrogens (tertiary/aromatic N) is 2. The van der Waals surface area contributed by atoms with E-state index in [1.54, 1.807) is 31.2 Å². The van der Waals surface area contributed by atoms with E-state index in [0.717, 1.165) is 10.6 Å². The molecule has 0 atom stereocenters. The van der Waals surface area contributed by atoms with E-state index in [1.807, 2.05) is 0 Å². The molecule has 0 fully saturated rings. The molecule has 0 amide bonds. The van der Waals surface area contributed by atoms with E-state index in [-0.39, 0.29) is 16.7 Å². The van der Waals surface area contributed by atoms with Gasteiger partial charge < -0.3 is 9.52 Å². The fraction of sp³-hybridized carbons (Fsp3) is 0.158. The second-order valence-corrected chi connectivity index (χ2v) is 6.04. The number of phenolic OH excluding ortho intramolecular Hbond substituents is 1. The minimum atomic E-state index is -4.91. The van der Waals surface area contributed by atoms with Crippen LogP contribution in [0.3, 0.4) is 0 Å². The lowest BCUT2D eigenvalue weighted by Gasteiger charge is -2.14. The van der Waals surface area contributed by atoms with Gasteiger partial charge in [0.1, 0.15) is 23.3 Å². The molecule has 0 unspecified atom stereocenters. The monoisotopic (exact) mass is 374 g/mol. The second kappa shape index (κ2) is 5.87. The number of rotatable bonds is 2. The fourth-order valence-electron chi connectivity index (χ4n) is 3.10. The number of para-hydroxylation sites is 2. The molecule has 2 heterocycles. The van der Waals surface area contributed by atoms with E-state index < -0.39 is 23.1 Å². The van der Waals surface area contributed by atoms with Crippen LogP contribution < -0.4 is 5.43 Å². The topological polar surface area (TPSA) is 68.3 Å². The number of imidazole rings is 1. The summed E-state index contributed by atoms with van der Waals surface area (Å²) >= 11 is 0. The van der Waals surface area contributed by atoms with Crippen molar-refractivity contribution in [3.8, 4) is 11.4 Å². The van der Waals surface area contributed by atoms with Gasteiger partial charge in [-0.2, -0.15) is 13.2 Å². The lowest BCUT2D eigenvalue weighted by molar-refractivity contribution is -0.152. The van der Waals surface area contributed by atoms with E-state index in [2.05, 4.69) is 4.98 Å². The first-order valence-corrected chi connectivity index (χ1v) is 8.13. The lowest BCUT2D eigenvalue weighted by Crippen LogP contribution is -2.20. The Kier molecular flexibility index (Phi) is 3.73. The van der Waals surface area contributed by atoms with Gasteiger partial charge in [-0.25, -0.2) is 4.98 Å². The fourth-order valence-corrected chi connectivity index (χ4v) is 3.10. The van der Waals surface area contributed by atoms with Crippen molar-refractivity contribution in [2.24, 2.45) is 0 Å². The summed E-state index contributed by atoms with van der Waals surface area (Å²) in [6.45, 7) is 1.76. The van der Waals surface area contributed by atoms with Crippen LogP contribution in [-0.2, 0) is 12.6 Å². The molecule has 4 rings (SSSR count). The van der Waals surface area contributed by atoms with Gasteiger partial charge in [0, 0.05) is 6.07 Å². The average Bonchev–Trinajstić information content (AvgIpc) is 3.04. The highest BCUT2D eigenvalue weighted by Gasteiger charge is 2.40. The molecule has 138 valence electrons. The van der Waals surface area contributed by atoms with Gasteiger partial charge in [-0.3, -0.25) is 9.36 Å². The first kappa shape index (κ1) is 17.1. The van der Waals surface area contributed by atoms with E-state index in [0.29, 0.717) is 23.0 Å². The average molecular weight is 374 g/mol. The van der Waals surface area contributed by atoms with Crippen molar-refractivity contribution in [2.75, 3.05) is 0 Å². The van der Waals surface area contributed by atoms with Crippen molar-refractivity contribution in [2.45, 2.75) is 19.5 Å². The number of hydrogen-bond donors (Lipinski definition) is 1. The highest BCUT2D eigenvalue weighted by molar-refractivity contribution is 5.83. The second-order valence-electron chi connectivity index (χ2n) is 6.04. The Labute approximate surface area is 150 Å². The van der Waals surface area contributed by atoms with Crippen LogP contribution >= 0.6 is 0 Å². The zero-order chi connectivity index (χ0) is 19.3. The largest absolute Gasteiger partial charge is 0.508 e. The predicted octanol–water partition coefficient (Wildman–Crippen LogP) is 4.42. The van der Waals surface area contributed by atoms with Crippen molar-refractivity contribution >= 4 is 22.0 Å². The molecule has 8 heteroatoms. The third-order valence-corrected chi connectivity index (χ3v) is 4.40. The Morgan fingerprint density at radius 1 is 1.22 bits per heavy atom. The van der Waals surface area contributed by atoms with Gasteiger partial charge in [0.15, 0.2) is 0 Å².